The Labute approximate surface area is 112 Å². The summed E-state index contributed by atoms with van der Waals surface area (Å²) in [7, 11) is 0. The lowest BCUT2D eigenvalue weighted by molar-refractivity contribution is 0.464. The molecule has 4 heteroatoms. The van der Waals surface area contributed by atoms with Crippen molar-refractivity contribution in [1.82, 2.24) is 10.3 Å². The van der Waals surface area contributed by atoms with Crippen LogP contribution in [0.25, 0.3) is 0 Å². The number of aromatic nitrogens is 1. The molecule has 0 amide bonds. The molecule has 1 saturated heterocycles. The number of nitrogens with zero attached hydrogens (tertiary/aromatic N) is 1. The average molecular weight is 268 g/mol. The maximum atomic E-state index is 4.97. The van der Waals surface area contributed by atoms with E-state index >= 15 is 0 Å². The fourth-order valence-corrected chi connectivity index (χ4v) is 5.47. The topological polar surface area (TPSA) is 24.9 Å². The van der Waals surface area contributed by atoms with E-state index in [4.69, 9.17) is 4.98 Å². The smallest absolute Gasteiger partial charge is 0.106 e. The number of rotatable bonds is 3. The number of fused-ring (bicyclic) bond motifs is 1. The zero-order valence-electron chi connectivity index (χ0n) is 10.4. The molecule has 2 aliphatic rings. The molecule has 2 nitrogen and oxygen atoms in total. The summed E-state index contributed by atoms with van der Waals surface area (Å²) in [6.45, 7) is 3.24. The maximum Gasteiger partial charge on any atom is 0.106 e. The molecule has 0 spiro atoms. The van der Waals surface area contributed by atoms with Gasteiger partial charge in [0.05, 0.1) is 17.0 Å². The second-order valence-electron chi connectivity index (χ2n) is 4.86. The van der Waals surface area contributed by atoms with Crippen molar-refractivity contribution in [3.63, 3.8) is 0 Å². The predicted octanol–water partition coefficient (Wildman–Crippen LogP) is 3.70. The van der Waals surface area contributed by atoms with Gasteiger partial charge in [0.2, 0.25) is 0 Å². The molecule has 0 bridgehead atoms. The van der Waals surface area contributed by atoms with Crippen LogP contribution in [0, 0.1) is 0 Å². The highest BCUT2D eigenvalue weighted by atomic mass is 32.2. The number of hydrogen-bond donors (Lipinski definition) is 1. The van der Waals surface area contributed by atoms with E-state index in [9.17, 15) is 0 Å². The van der Waals surface area contributed by atoms with Crippen molar-refractivity contribution in [2.45, 2.75) is 50.3 Å². The summed E-state index contributed by atoms with van der Waals surface area (Å²) < 4.78 is 0. The van der Waals surface area contributed by atoms with Crippen LogP contribution in [0.3, 0.4) is 0 Å². The highest BCUT2D eigenvalue weighted by molar-refractivity contribution is 7.99. The standard InChI is InChI=1S/C13H20N2S2/c1-2-14-9-5-3-6-10-12(9)15-13(17-10)11-7-4-8-16-11/h9,11,14H,2-8H2,1H3. The molecule has 0 radical (unpaired) electrons. The molecule has 1 aromatic rings. The third-order valence-electron chi connectivity index (χ3n) is 3.63. The van der Waals surface area contributed by atoms with Gasteiger partial charge in [0.15, 0.2) is 0 Å². The van der Waals surface area contributed by atoms with Crippen LogP contribution in [0.4, 0.5) is 0 Å². The van der Waals surface area contributed by atoms with Gasteiger partial charge in [-0.3, -0.25) is 0 Å². The lowest BCUT2D eigenvalue weighted by Gasteiger charge is -2.21. The van der Waals surface area contributed by atoms with E-state index in [0.29, 0.717) is 11.3 Å². The molecule has 1 fully saturated rings. The van der Waals surface area contributed by atoms with Crippen LogP contribution >= 0.6 is 23.1 Å². The van der Waals surface area contributed by atoms with Crippen LogP contribution in [0.5, 0.6) is 0 Å². The van der Waals surface area contributed by atoms with Gasteiger partial charge in [-0.05, 0) is 44.4 Å². The highest BCUT2D eigenvalue weighted by Crippen LogP contribution is 2.44. The van der Waals surface area contributed by atoms with Gasteiger partial charge in [0.25, 0.3) is 0 Å². The van der Waals surface area contributed by atoms with Crippen molar-refractivity contribution < 1.29 is 0 Å². The average Bonchev–Trinajstić information content (AvgIpc) is 2.98. The van der Waals surface area contributed by atoms with Gasteiger partial charge < -0.3 is 5.32 Å². The minimum absolute atomic E-state index is 0.528. The van der Waals surface area contributed by atoms with Crippen molar-refractivity contribution in [3.8, 4) is 0 Å². The normalized spacial score (nSPS) is 28.3. The van der Waals surface area contributed by atoms with E-state index in [1.54, 1.807) is 4.88 Å². The lowest BCUT2D eigenvalue weighted by Crippen LogP contribution is -2.24. The van der Waals surface area contributed by atoms with Gasteiger partial charge in [-0.15, -0.1) is 11.3 Å². The van der Waals surface area contributed by atoms with Gasteiger partial charge in [-0.2, -0.15) is 11.8 Å². The van der Waals surface area contributed by atoms with Crippen LogP contribution in [0.2, 0.25) is 0 Å². The number of aryl methyl sites for hydroxylation is 1. The minimum Gasteiger partial charge on any atom is -0.309 e. The predicted molar refractivity (Wildman–Crippen MR) is 75.9 cm³/mol. The molecule has 0 saturated carbocycles. The molecule has 2 atom stereocenters. The Morgan fingerprint density at radius 1 is 1.35 bits per heavy atom. The summed E-state index contributed by atoms with van der Waals surface area (Å²) in [6.07, 6.45) is 6.55. The first-order valence-corrected chi connectivity index (χ1v) is 8.59. The maximum absolute atomic E-state index is 4.97. The van der Waals surface area contributed by atoms with E-state index in [-0.39, 0.29) is 0 Å². The summed E-state index contributed by atoms with van der Waals surface area (Å²) in [5.41, 5.74) is 1.38. The summed E-state index contributed by atoms with van der Waals surface area (Å²) >= 11 is 4.09. The van der Waals surface area contributed by atoms with Crippen LogP contribution in [0.15, 0.2) is 0 Å². The zero-order valence-corrected chi connectivity index (χ0v) is 12.0. The summed E-state index contributed by atoms with van der Waals surface area (Å²) in [4.78, 5) is 6.53. The Morgan fingerprint density at radius 2 is 2.29 bits per heavy atom. The third-order valence-corrected chi connectivity index (χ3v) is 6.41. The first kappa shape index (κ1) is 12.0. The molecule has 1 aliphatic carbocycles. The molecule has 1 aliphatic heterocycles. The molecular weight excluding hydrogens is 248 g/mol. The van der Waals surface area contributed by atoms with Gasteiger partial charge in [0.1, 0.15) is 5.01 Å². The molecular formula is C13H20N2S2. The first-order chi connectivity index (χ1) is 8.38. The fraction of sp³-hybridized carbons (Fsp3) is 0.769. The van der Waals surface area contributed by atoms with Gasteiger partial charge >= 0.3 is 0 Å². The molecule has 1 aromatic heterocycles. The second-order valence-corrected chi connectivity index (χ2v) is 7.29. The molecule has 3 rings (SSSR count). The number of thiazole rings is 1. The molecule has 1 N–H and O–H groups in total. The van der Waals surface area contributed by atoms with E-state index in [1.807, 2.05) is 11.3 Å². The largest absolute Gasteiger partial charge is 0.309 e. The highest BCUT2D eigenvalue weighted by Gasteiger charge is 2.28. The Kier molecular flexibility index (Phi) is 3.73. The Bertz CT molecular complexity index is 383. The van der Waals surface area contributed by atoms with E-state index in [0.717, 1.165) is 6.54 Å². The zero-order chi connectivity index (χ0) is 11.7. The van der Waals surface area contributed by atoms with Crippen molar-refractivity contribution in [1.29, 1.82) is 0 Å². The summed E-state index contributed by atoms with van der Waals surface area (Å²) in [5.74, 6) is 1.32. The molecule has 0 aromatic carbocycles. The first-order valence-electron chi connectivity index (χ1n) is 6.73. The van der Waals surface area contributed by atoms with Crippen molar-refractivity contribution in [2.75, 3.05) is 12.3 Å². The van der Waals surface area contributed by atoms with Gasteiger partial charge in [0, 0.05) is 4.88 Å². The van der Waals surface area contributed by atoms with Crippen molar-refractivity contribution >= 4 is 23.1 Å². The van der Waals surface area contributed by atoms with Crippen molar-refractivity contribution in [2.24, 2.45) is 0 Å². The molecule has 94 valence electrons. The molecule has 2 heterocycles. The Hall–Kier alpha value is -0.0600. The SMILES string of the molecule is CCNC1CCCc2sc(C3CCCS3)nc21. The van der Waals surface area contributed by atoms with Gasteiger partial charge in [-0.25, -0.2) is 4.98 Å². The third kappa shape index (κ3) is 2.40. The molecule has 2 unspecified atom stereocenters. The number of thioether (sulfide) groups is 1. The fourth-order valence-electron chi connectivity index (χ4n) is 2.79. The Balaban J connectivity index is 1.84. The van der Waals surface area contributed by atoms with E-state index in [2.05, 4.69) is 24.0 Å². The summed E-state index contributed by atoms with van der Waals surface area (Å²) in [6, 6.07) is 0.528. The summed E-state index contributed by atoms with van der Waals surface area (Å²) in [5, 5.41) is 5.69. The van der Waals surface area contributed by atoms with Crippen molar-refractivity contribution in [3.05, 3.63) is 15.6 Å². The van der Waals surface area contributed by atoms with E-state index < -0.39 is 0 Å². The Morgan fingerprint density at radius 3 is 3.06 bits per heavy atom. The van der Waals surface area contributed by atoms with Gasteiger partial charge in [-0.1, -0.05) is 6.92 Å². The second kappa shape index (κ2) is 5.29. The number of nitrogens with one attached hydrogen (secondary N) is 1. The van der Waals surface area contributed by atoms with Crippen LogP contribution < -0.4 is 5.32 Å². The lowest BCUT2D eigenvalue weighted by atomic mass is 9.98. The van der Waals surface area contributed by atoms with Crippen LogP contribution in [-0.4, -0.2) is 17.3 Å². The number of hydrogen-bond acceptors (Lipinski definition) is 4. The van der Waals surface area contributed by atoms with Crippen LogP contribution in [0.1, 0.15) is 59.5 Å². The quantitative estimate of drug-likeness (QED) is 0.905. The van der Waals surface area contributed by atoms with E-state index in [1.165, 1.54) is 48.6 Å². The monoisotopic (exact) mass is 268 g/mol. The minimum atomic E-state index is 0.528. The molecule has 17 heavy (non-hydrogen) atoms. The van der Waals surface area contributed by atoms with Crippen LogP contribution in [-0.2, 0) is 6.42 Å².